The van der Waals surface area contributed by atoms with Crippen LogP contribution in [0, 0.1) is 0 Å². The van der Waals surface area contributed by atoms with Crippen molar-refractivity contribution in [2.75, 3.05) is 19.9 Å². The molecule has 2 aromatic rings. The van der Waals surface area contributed by atoms with Crippen molar-refractivity contribution in [1.29, 1.82) is 0 Å². The van der Waals surface area contributed by atoms with Gasteiger partial charge in [0.15, 0.2) is 17.3 Å². The normalized spacial score (nSPS) is 21.9. The van der Waals surface area contributed by atoms with Crippen LogP contribution in [0.1, 0.15) is 41.9 Å². The highest BCUT2D eigenvalue weighted by Gasteiger charge is 2.32. The minimum absolute atomic E-state index is 0.0108. The number of nitrogens with zero attached hydrogens (tertiary/aromatic N) is 1. The molecule has 5 rings (SSSR count). The third-order valence-corrected chi connectivity index (χ3v) is 6.13. The number of carbonyl (C=O) groups excluding carboxylic acids is 1. The van der Waals surface area contributed by atoms with Gasteiger partial charge in [-0.25, -0.2) is 0 Å². The second-order valence-electron chi connectivity index (χ2n) is 8.32. The van der Waals surface area contributed by atoms with Crippen molar-refractivity contribution in [3.8, 4) is 11.5 Å². The van der Waals surface area contributed by atoms with Gasteiger partial charge in [-0.05, 0) is 47.7 Å². The van der Waals surface area contributed by atoms with Crippen LogP contribution in [0.4, 0.5) is 0 Å². The monoisotopic (exact) mass is 437 g/mol. The van der Waals surface area contributed by atoms with Crippen LogP contribution in [0.5, 0.6) is 11.5 Å². The summed E-state index contributed by atoms with van der Waals surface area (Å²) in [4.78, 5) is 14.9. The summed E-state index contributed by atoms with van der Waals surface area (Å²) in [5.41, 5.74) is 2.87. The maximum absolute atomic E-state index is 13.1. The van der Waals surface area contributed by atoms with E-state index < -0.39 is 6.29 Å². The molecule has 0 unspecified atom stereocenters. The van der Waals surface area contributed by atoms with Crippen LogP contribution in [0.15, 0.2) is 54.3 Å². The van der Waals surface area contributed by atoms with Gasteiger partial charge in [0.05, 0.1) is 13.2 Å². The molecule has 0 aromatic heterocycles. The third kappa shape index (κ3) is 4.45. The van der Waals surface area contributed by atoms with E-state index >= 15 is 0 Å². The Morgan fingerprint density at radius 2 is 1.78 bits per heavy atom. The number of benzene rings is 2. The van der Waals surface area contributed by atoms with Gasteiger partial charge in [-0.15, -0.1) is 0 Å². The first-order valence-corrected chi connectivity index (χ1v) is 11.1. The molecule has 1 amide bonds. The fourth-order valence-corrected chi connectivity index (χ4v) is 4.29. The zero-order chi connectivity index (χ0) is 21.9. The summed E-state index contributed by atoms with van der Waals surface area (Å²) in [6.45, 7) is 2.11. The average molecular weight is 437 g/mol. The fourth-order valence-electron chi connectivity index (χ4n) is 4.29. The Kier molecular flexibility index (Phi) is 6.01. The molecule has 3 aliphatic rings. The summed E-state index contributed by atoms with van der Waals surface area (Å²) in [6, 6.07) is 13.5. The van der Waals surface area contributed by atoms with Crippen molar-refractivity contribution in [3.63, 3.8) is 0 Å². The Hall–Kier alpha value is -3.03. The predicted octanol–water partition coefficient (Wildman–Crippen LogP) is 3.46. The van der Waals surface area contributed by atoms with Gasteiger partial charge in [-0.2, -0.15) is 0 Å². The first-order valence-electron chi connectivity index (χ1n) is 11.1. The standard InChI is InChI=1S/C25H27NO6/c27-14-17-3-5-18(6-4-17)15-29-24-13-20(19-7-8-21-22(11-19)31-16-30-21)12-23(32-24)25(28)26-9-1-2-10-26/h3-8,11-12,20,24,27H,1-2,9-10,13-16H2/t20-,24+/m0/s1. The molecule has 1 saturated heterocycles. The lowest BCUT2D eigenvalue weighted by Gasteiger charge is -2.31. The summed E-state index contributed by atoms with van der Waals surface area (Å²) in [5, 5.41) is 9.22. The molecule has 2 atom stereocenters. The second kappa shape index (κ2) is 9.22. The number of rotatable bonds is 6. The maximum atomic E-state index is 13.1. The molecule has 0 saturated carbocycles. The molecular formula is C25H27NO6. The SMILES string of the molecule is O=C(C1=C[C@H](c2ccc3c(c2)OCO3)C[C@H](OCc2ccc(CO)cc2)O1)N1CCCC1. The number of fused-ring (bicyclic) bond motifs is 1. The zero-order valence-electron chi connectivity index (χ0n) is 17.9. The lowest BCUT2D eigenvalue weighted by atomic mass is 9.92. The molecule has 168 valence electrons. The van der Waals surface area contributed by atoms with Crippen LogP contribution in [0.2, 0.25) is 0 Å². The topological polar surface area (TPSA) is 77.5 Å². The van der Waals surface area contributed by atoms with Crippen LogP contribution < -0.4 is 9.47 Å². The summed E-state index contributed by atoms with van der Waals surface area (Å²) in [7, 11) is 0. The largest absolute Gasteiger partial charge is 0.459 e. The fraction of sp³-hybridized carbons (Fsp3) is 0.400. The van der Waals surface area contributed by atoms with E-state index in [-0.39, 0.29) is 25.2 Å². The van der Waals surface area contributed by atoms with Crippen LogP contribution in [0.3, 0.4) is 0 Å². The van der Waals surface area contributed by atoms with Gasteiger partial charge in [0, 0.05) is 25.4 Å². The molecule has 7 heteroatoms. The zero-order valence-corrected chi connectivity index (χ0v) is 17.9. The number of likely N-dealkylation sites (tertiary alicyclic amines) is 1. The lowest BCUT2D eigenvalue weighted by Crippen LogP contribution is -2.34. The van der Waals surface area contributed by atoms with Crippen LogP contribution >= 0.6 is 0 Å². The molecular weight excluding hydrogens is 410 g/mol. The van der Waals surface area contributed by atoms with Crippen molar-refractivity contribution in [2.45, 2.75) is 44.7 Å². The van der Waals surface area contributed by atoms with Crippen LogP contribution in [-0.2, 0) is 27.5 Å². The molecule has 1 fully saturated rings. The van der Waals surface area contributed by atoms with E-state index in [0.29, 0.717) is 18.8 Å². The summed E-state index contributed by atoms with van der Waals surface area (Å²) >= 11 is 0. The molecule has 1 N–H and O–H groups in total. The van der Waals surface area contributed by atoms with Gasteiger partial charge in [-0.3, -0.25) is 4.79 Å². The summed E-state index contributed by atoms with van der Waals surface area (Å²) in [5.74, 6) is 1.69. The van der Waals surface area contributed by atoms with E-state index in [0.717, 1.165) is 54.1 Å². The number of amides is 1. The molecule has 0 aliphatic carbocycles. The maximum Gasteiger partial charge on any atom is 0.288 e. The quantitative estimate of drug-likeness (QED) is 0.746. The Balaban J connectivity index is 1.34. The Morgan fingerprint density at radius 3 is 2.56 bits per heavy atom. The molecule has 3 aliphatic heterocycles. The molecule has 3 heterocycles. The van der Waals surface area contributed by atoms with Gasteiger partial charge in [0.1, 0.15) is 0 Å². The number of hydrogen-bond donors (Lipinski definition) is 1. The van der Waals surface area contributed by atoms with E-state index in [1.807, 2.05) is 53.4 Å². The summed E-state index contributed by atoms with van der Waals surface area (Å²) < 4.78 is 23.1. The number of carbonyl (C=O) groups is 1. The van der Waals surface area contributed by atoms with Crippen molar-refractivity contribution in [2.24, 2.45) is 0 Å². The Bertz CT molecular complexity index is 996. The van der Waals surface area contributed by atoms with Gasteiger partial charge < -0.3 is 29.0 Å². The number of aliphatic hydroxyl groups excluding tert-OH is 1. The molecule has 0 bridgehead atoms. The molecule has 0 radical (unpaired) electrons. The van der Waals surface area contributed by atoms with Gasteiger partial charge in [0.2, 0.25) is 13.1 Å². The minimum atomic E-state index is -0.547. The van der Waals surface area contributed by atoms with Crippen molar-refractivity contribution < 1.29 is 28.8 Å². The third-order valence-electron chi connectivity index (χ3n) is 6.13. The molecule has 32 heavy (non-hydrogen) atoms. The first-order chi connectivity index (χ1) is 15.7. The van der Waals surface area contributed by atoms with Crippen molar-refractivity contribution >= 4 is 5.91 Å². The predicted molar refractivity (Wildman–Crippen MR) is 116 cm³/mol. The molecule has 7 nitrogen and oxygen atoms in total. The summed E-state index contributed by atoms with van der Waals surface area (Å²) in [6.07, 6.45) is 4.00. The van der Waals surface area contributed by atoms with Gasteiger partial charge >= 0.3 is 0 Å². The second-order valence-corrected chi connectivity index (χ2v) is 8.32. The highest BCUT2D eigenvalue weighted by atomic mass is 16.7. The van der Waals surface area contributed by atoms with E-state index in [1.165, 1.54) is 0 Å². The van der Waals surface area contributed by atoms with E-state index in [2.05, 4.69) is 0 Å². The number of hydrogen-bond acceptors (Lipinski definition) is 6. The van der Waals surface area contributed by atoms with Crippen LogP contribution in [-0.4, -0.2) is 42.1 Å². The number of ether oxygens (including phenoxy) is 4. The number of allylic oxidation sites excluding steroid dienone is 1. The van der Waals surface area contributed by atoms with Crippen LogP contribution in [0.25, 0.3) is 0 Å². The average Bonchev–Trinajstić information content (AvgIpc) is 3.54. The Morgan fingerprint density at radius 1 is 1.03 bits per heavy atom. The van der Waals surface area contributed by atoms with E-state index in [1.54, 1.807) is 0 Å². The smallest absolute Gasteiger partial charge is 0.288 e. The highest BCUT2D eigenvalue weighted by molar-refractivity contribution is 5.92. The Labute approximate surface area is 187 Å². The van der Waals surface area contributed by atoms with Gasteiger partial charge in [-0.1, -0.05) is 30.3 Å². The van der Waals surface area contributed by atoms with Crippen molar-refractivity contribution in [3.05, 3.63) is 71.0 Å². The molecule has 2 aromatic carbocycles. The lowest BCUT2D eigenvalue weighted by molar-refractivity contribution is -0.155. The minimum Gasteiger partial charge on any atom is -0.459 e. The number of aliphatic hydroxyl groups is 1. The van der Waals surface area contributed by atoms with Crippen molar-refractivity contribution in [1.82, 2.24) is 4.90 Å². The van der Waals surface area contributed by atoms with E-state index in [9.17, 15) is 9.90 Å². The molecule has 0 spiro atoms. The van der Waals surface area contributed by atoms with Gasteiger partial charge in [0.25, 0.3) is 5.91 Å². The first kappa shape index (κ1) is 20.8. The van der Waals surface area contributed by atoms with E-state index in [4.69, 9.17) is 18.9 Å². The highest BCUT2D eigenvalue weighted by Crippen LogP contribution is 2.39.